The third-order valence-corrected chi connectivity index (χ3v) is 2.33. The third-order valence-electron chi connectivity index (χ3n) is 1.43. The lowest BCUT2D eigenvalue weighted by Gasteiger charge is -2.01. The largest absolute Gasteiger partial charge is 0.334 e. The Morgan fingerprint density at radius 2 is 2.14 bits per heavy atom. The summed E-state index contributed by atoms with van der Waals surface area (Å²) in [4.78, 5) is 22.1. The van der Waals surface area contributed by atoms with Crippen molar-refractivity contribution < 1.29 is 13.7 Å². The van der Waals surface area contributed by atoms with E-state index >= 15 is 0 Å². The van der Waals surface area contributed by atoms with E-state index in [2.05, 4.69) is 0 Å². The SMILES string of the molecule is O=c1[nH]c(I)c(C(F)F)cc1[N+](=O)[O-]. The summed E-state index contributed by atoms with van der Waals surface area (Å²) < 4.78 is 24.4. The highest BCUT2D eigenvalue weighted by Crippen LogP contribution is 2.24. The lowest BCUT2D eigenvalue weighted by molar-refractivity contribution is -0.386. The number of pyridine rings is 1. The van der Waals surface area contributed by atoms with Crippen molar-refractivity contribution in [1.82, 2.24) is 4.98 Å². The van der Waals surface area contributed by atoms with Crippen LogP contribution < -0.4 is 5.56 Å². The van der Waals surface area contributed by atoms with Gasteiger partial charge >= 0.3 is 11.2 Å². The van der Waals surface area contributed by atoms with Gasteiger partial charge in [-0.25, -0.2) is 8.78 Å². The minimum absolute atomic E-state index is 0.0896. The van der Waals surface area contributed by atoms with Crippen LogP contribution >= 0.6 is 22.6 Å². The minimum Gasteiger partial charge on any atom is -0.311 e. The first-order chi connectivity index (χ1) is 6.43. The van der Waals surface area contributed by atoms with Gasteiger partial charge in [-0.3, -0.25) is 14.9 Å². The number of hydrogen-bond donors (Lipinski definition) is 1. The molecule has 1 rings (SSSR count). The maximum absolute atomic E-state index is 12.3. The molecule has 0 radical (unpaired) electrons. The monoisotopic (exact) mass is 316 g/mol. The molecule has 0 fully saturated rings. The number of rotatable bonds is 2. The predicted molar refractivity (Wildman–Crippen MR) is 51.4 cm³/mol. The number of nitro groups is 1. The van der Waals surface area contributed by atoms with Crippen LogP contribution in [-0.4, -0.2) is 9.91 Å². The Morgan fingerprint density at radius 1 is 1.57 bits per heavy atom. The average molecular weight is 316 g/mol. The standard InChI is InChI=1S/C6H3F2IN2O3/c7-4(8)2-1-3(11(13)14)6(12)10-5(2)9/h1,4H,(H,10,12). The zero-order valence-electron chi connectivity index (χ0n) is 6.46. The second kappa shape index (κ2) is 3.98. The normalized spacial score (nSPS) is 10.6. The highest BCUT2D eigenvalue weighted by Gasteiger charge is 2.20. The Hall–Kier alpha value is -1.06. The van der Waals surface area contributed by atoms with E-state index in [-0.39, 0.29) is 3.70 Å². The van der Waals surface area contributed by atoms with Crippen molar-refractivity contribution in [2.75, 3.05) is 0 Å². The quantitative estimate of drug-likeness (QED) is 0.391. The number of alkyl halides is 2. The van der Waals surface area contributed by atoms with Crippen LogP contribution in [0.2, 0.25) is 0 Å². The van der Waals surface area contributed by atoms with Crippen LogP contribution in [0.25, 0.3) is 0 Å². The Kier molecular flexibility index (Phi) is 3.13. The molecule has 0 atom stereocenters. The first-order valence-electron chi connectivity index (χ1n) is 3.28. The first kappa shape index (κ1) is 11.0. The molecule has 0 saturated carbocycles. The molecule has 0 amide bonds. The number of aromatic amines is 1. The molecule has 0 aromatic carbocycles. The fourth-order valence-corrected chi connectivity index (χ4v) is 1.44. The van der Waals surface area contributed by atoms with Crippen LogP contribution in [0.1, 0.15) is 12.0 Å². The summed E-state index contributed by atoms with van der Waals surface area (Å²) in [6.45, 7) is 0. The number of nitrogens with one attached hydrogen (secondary N) is 1. The Bertz CT molecular complexity index is 432. The van der Waals surface area contributed by atoms with Crippen molar-refractivity contribution in [3.63, 3.8) is 0 Å². The maximum atomic E-state index is 12.3. The van der Waals surface area contributed by atoms with Crippen LogP contribution in [0.4, 0.5) is 14.5 Å². The Balaban J connectivity index is 3.42. The van der Waals surface area contributed by atoms with E-state index < -0.39 is 28.2 Å². The van der Waals surface area contributed by atoms with Gasteiger partial charge in [-0.2, -0.15) is 0 Å². The molecular formula is C6H3F2IN2O3. The highest BCUT2D eigenvalue weighted by atomic mass is 127. The molecule has 1 aromatic heterocycles. The molecule has 0 bridgehead atoms. The smallest absolute Gasteiger partial charge is 0.311 e. The van der Waals surface area contributed by atoms with Crippen molar-refractivity contribution in [3.8, 4) is 0 Å². The van der Waals surface area contributed by atoms with E-state index in [4.69, 9.17) is 0 Å². The number of aromatic nitrogens is 1. The predicted octanol–water partition coefficient (Wildman–Crippen LogP) is 1.83. The summed E-state index contributed by atoms with van der Waals surface area (Å²) in [5.74, 6) is 0. The van der Waals surface area contributed by atoms with Gasteiger partial charge in [0.15, 0.2) is 0 Å². The molecule has 0 aliphatic rings. The van der Waals surface area contributed by atoms with Gasteiger partial charge in [0.1, 0.15) is 0 Å². The van der Waals surface area contributed by atoms with E-state index in [0.29, 0.717) is 6.07 Å². The first-order valence-corrected chi connectivity index (χ1v) is 4.36. The fourth-order valence-electron chi connectivity index (χ4n) is 0.806. The van der Waals surface area contributed by atoms with E-state index in [1.165, 1.54) is 22.6 Å². The number of halogens is 3. The highest BCUT2D eigenvalue weighted by molar-refractivity contribution is 14.1. The molecule has 0 spiro atoms. The second-order valence-corrected chi connectivity index (χ2v) is 3.39. The molecule has 76 valence electrons. The van der Waals surface area contributed by atoms with Gasteiger partial charge in [-0.15, -0.1) is 0 Å². The van der Waals surface area contributed by atoms with E-state index in [9.17, 15) is 23.7 Å². The van der Waals surface area contributed by atoms with Crippen molar-refractivity contribution >= 4 is 28.3 Å². The number of H-pyrrole nitrogens is 1. The summed E-state index contributed by atoms with van der Waals surface area (Å²) in [5, 5.41) is 10.2. The summed E-state index contributed by atoms with van der Waals surface area (Å²) in [5.41, 5.74) is -2.40. The van der Waals surface area contributed by atoms with Crippen molar-refractivity contribution in [1.29, 1.82) is 0 Å². The van der Waals surface area contributed by atoms with Crippen molar-refractivity contribution in [3.05, 3.63) is 35.8 Å². The van der Waals surface area contributed by atoms with Gasteiger partial charge in [0.2, 0.25) is 0 Å². The Labute approximate surface area is 89.4 Å². The maximum Gasteiger partial charge on any atom is 0.334 e. The van der Waals surface area contributed by atoms with Gasteiger partial charge in [-0.05, 0) is 22.6 Å². The lowest BCUT2D eigenvalue weighted by atomic mass is 10.3. The molecule has 0 aliphatic heterocycles. The number of nitrogens with zero attached hydrogens (tertiary/aromatic N) is 1. The van der Waals surface area contributed by atoms with Crippen LogP contribution in [0.15, 0.2) is 10.9 Å². The van der Waals surface area contributed by atoms with Crippen LogP contribution in [-0.2, 0) is 0 Å². The Morgan fingerprint density at radius 3 is 2.57 bits per heavy atom. The van der Waals surface area contributed by atoms with Crippen molar-refractivity contribution in [2.45, 2.75) is 6.43 Å². The van der Waals surface area contributed by atoms with Gasteiger partial charge in [0, 0.05) is 6.07 Å². The van der Waals surface area contributed by atoms with Crippen molar-refractivity contribution in [2.24, 2.45) is 0 Å². The molecule has 5 nitrogen and oxygen atoms in total. The number of hydrogen-bond acceptors (Lipinski definition) is 3. The topological polar surface area (TPSA) is 76.0 Å². The van der Waals surface area contributed by atoms with Crippen LogP contribution in [0.3, 0.4) is 0 Å². The van der Waals surface area contributed by atoms with Gasteiger partial charge in [0.25, 0.3) is 6.43 Å². The summed E-state index contributed by atoms with van der Waals surface area (Å²) in [7, 11) is 0. The van der Waals surface area contributed by atoms with Crippen LogP contribution in [0, 0.1) is 13.8 Å². The zero-order valence-corrected chi connectivity index (χ0v) is 8.62. The van der Waals surface area contributed by atoms with Crippen LogP contribution in [0.5, 0.6) is 0 Å². The van der Waals surface area contributed by atoms with E-state index in [0.717, 1.165) is 0 Å². The molecular weight excluding hydrogens is 313 g/mol. The third kappa shape index (κ3) is 2.05. The summed E-state index contributed by atoms with van der Waals surface area (Å²) >= 11 is 1.48. The van der Waals surface area contributed by atoms with E-state index in [1.54, 1.807) is 0 Å². The van der Waals surface area contributed by atoms with Gasteiger partial charge in [-0.1, -0.05) is 0 Å². The second-order valence-electron chi connectivity index (χ2n) is 2.31. The molecule has 1 heterocycles. The van der Waals surface area contributed by atoms with E-state index in [1.807, 2.05) is 4.98 Å². The average Bonchev–Trinajstić information content (AvgIpc) is 2.02. The molecule has 0 saturated heterocycles. The summed E-state index contributed by atoms with van der Waals surface area (Å²) in [6, 6.07) is 0.589. The summed E-state index contributed by atoms with van der Waals surface area (Å²) in [6.07, 6.45) is -2.85. The van der Waals surface area contributed by atoms with Gasteiger partial charge < -0.3 is 4.98 Å². The molecule has 1 aromatic rings. The molecule has 0 unspecified atom stereocenters. The minimum atomic E-state index is -2.85. The molecule has 1 N–H and O–H groups in total. The molecule has 14 heavy (non-hydrogen) atoms. The molecule has 0 aliphatic carbocycles. The zero-order chi connectivity index (χ0) is 10.9. The fraction of sp³-hybridized carbons (Fsp3) is 0.167. The lowest BCUT2D eigenvalue weighted by Crippen LogP contribution is -2.14. The van der Waals surface area contributed by atoms with Gasteiger partial charge in [0.05, 0.1) is 14.2 Å². The molecule has 8 heteroatoms.